The molecule has 1 fully saturated rings. The lowest BCUT2D eigenvalue weighted by molar-refractivity contribution is -0.130. The second-order valence-electron chi connectivity index (χ2n) is 4.75. The van der Waals surface area contributed by atoms with Gasteiger partial charge >= 0.3 is 6.03 Å². The molecule has 0 spiro atoms. The summed E-state index contributed by atoms with van der Waals surface area (Å²) in [5.41, 5.74) is 5.49. The minimum Gasteiger partial charge on any atom is -0.331 e. The van der Waals surface area contributed by atoms with E-state index in [1.165, 1.54) is 11.9 Å². The number of rotatable bonds is 3. The van der Waals surface area contributed by atoms with Gasteiger partial charge in [-0.1, -0.05) is 11.6 Å². The van der Waals surface area contributed by atoms with E-state index >= 15 is 0 Å². The quantitative estimate of drug-likeness (QED) is 0.416. The highest BCUT2D eigenvalue weighted by Crippen LogP contribution is 2.13. The molecule has 3 N–H and O–H groups in total. The maximum Gasteiger partial charge on any atom is 0.327 e. The van der Waals surface area contributed by atoms with Gasteiger partial charge in [0.25, 0.3) is 11.8 Å². The summed E-state index contributed by atoms with van der Waals surface area (Å²) in [4.78, 5) is 37.0. The summed E-state index contributed by atoms with van der Waals surface area (Å²) >= 11 is 10.8. The molecule has 1 heterocycles. The smallest absolute Gasteiger partial charge is 0.327 e. The van der Waals surface area contributed by atoms with Crippen LogP contribution >= 0.6 is 23.8 Å². The first kappa shape index (κ1) is 17.0. The Bertz CT molecular complexity index is 652. The summed E-state index contributed by atoms with van der Waals surface area (Å²) in [6.07, 6.45) is 0. The van der Waals surface area contributed by atoms with Gasteiger partial charge in [0.05, 0.1) is 0 Å². The van der Waals surface area contributed by atoms with Gasteiger partial charge < -0.3 is 10.2 Å². The first-order valence-corrected chi connectivity index (χ1v) is 7.32. The van der Waals surface area contributed by atoms with Crippen LogP contribution in [0.5, 0.6) is 0 Å². The van der Waals surface area contributed by atoms with Crippen LogP contribution in [0.15, 0.2) is 24.3 Å². The van der Waals surface area contributed by atoms with E-state index in [0.717, 1.165) is 4.90 Å². The highest BCUT2D eigenvalue weighted by molar-refractivity contribution is 7.80. The van der Waals surface area contributed by atoms with Crippen LogP contribution in [0.2, 0.25) is 5.02 Å². The third-order valence-electron chi connectivity index (χ3n) is 2.95. The van der Waals surface area contributed by atoms with Crippen molar-refractivity contribution >= 4 is 52.5 Å². The highest BCUT2D eigenvalue weighted by Gasteiger charge is 2.34. The molecule has 0 atom stereocenters. The average Bonchev–Trinajstić information content (AvgIpc) is 2.74. The van der Waals surface area contributed by atoms with E-state index in [1.54, 1.807) is 24.3 Å². The fraction of sp³-hybridized carbons (Fsp3) is 0.231. The summed E-state index contributed by atoms with van der Waals surface area (Å²) < 4.78 is 0. The molecule has 1 aliphatic rings. The van der Waals surface area contributed by atoms with Crippen LogP contribution in [0.25, 0.3) is 0 Å². The molecule has 122 valence electrons. The first-order chi connectivity index (χ1) is 10.9. The number of hydrazine groups is 1. The van der Waals surface area contributed by atoms with Crippen molar-refractivity contribution in [2.45, 2.75) is 0 Å². The van der Waals surface area contributed by atoms with Gasteiger partial charge in [-0.2, -0.15) is 0 Å². The third kappa shape index (κ3) is 4.54. The van der Waals surface area contributed by atoms with Crippen molar-refractivity contribution in [1.29, 1.82) is 0 Å². The Morgan fingerprint density at radius 3 is 2.48 bits per heavy atom. The fourth-order valence-electron chi connectivity index (χ4n) is 1.83. The zero-order valence-electron chi connectivity index (χ0n) is 12.1. The molecule has 2 rings (SSSR count). The number of hydrogen-bond acceptors (Lipinski definition) is 4. The average molecular weight is 356 g/mol. The topological polar surface area (TPSA) is 93.8 Å². The van der Waals surface area contributed by atoms with Gasteiger partial charge in [-0.3, -0.25) is 25.3 Å². The number of urea groups is 1. The Morgan fingerprint density at radius 2 is 1.91 bits per heavy atom. The molecule has 0 saturated carbocycles. The lowest BCUT2D eigenvalue weighted by atomic mass is 10.3. The number of thiocarbonyl (C=S) groups is 1. The Kier molecular flexibility index (Phi) is 5.35. The summed E-state index contributed by atoms with van der Waals surface area (Å²) in [7, 11) is 1.49. The number of imide groups is 1. The summed E-state index contributed by atoms with van der Waals surface area (Å²) in [6.45, 7) is -0.408. The van der Waals surface area contributed by atoms with Gasteiger partial charge in [-0.25, -0.2) is 4.79 Å². The van der Waals surface area contributed by atoms with Crippen molar-refractivity contribution in [1.82, 2.24) is 20.7 Å². The van der Waals surface area contributed by atoms with Crippen LogP contribution in [0.3, 0.4) is 0 Å². The van der Waals surface area contributed by atoms with Crippen molar-refractivity contribution in [3.05, 3.63) is 29.3 Å². The van der Waals surface area contributed by atoms with Gasteiger partial charge in [-0.15, -0.1) is 0 Å². The van der Waals surface area contributed by atoms with Crippen LogP contribution in [0.1, 0.15) is 0 Å². The summed E-state index contributed by atoms with van der Waals surface area (Å²) in [5.74, 6) is -0.989. The molecule has 4 amide bonds. The summed E-state index contributed by atoms with van der Waals surface area (Å²) in [6, 6.07) is 6.30. The SMILES string of the molecule is CN1CC(=O)N(CC(=O)NNC(=S)Nc2ccc(Cl)cc2)C1=O. The lowest BCUT2D eigenvalue weighted by Gasteiger charge is -2.15. The largest absolute Gasteiger partial charge is 0.331 e. The first-order valence-electron chi connectivity index (χ1n) is 6.53. The number of carbonyl (C=O) groups is 3. The van der Waals surface area contributed by atoms with E-state index in [4.69, 9.17) is 23.8 Å². The van der Waals surface area contributed by atoms with Crippen molar-refractivity contribution in [2.75, 3.05) is 25.5 Å². The normalized spacial score (nSPS) is 14.0. The monoisotopic (exact) mass is 355 g/mol. The number of carbonyl (C=O) groups excluding carboxylic acids is 3. The second-order valence-corrected chi connectivity index (χ2v) is 5.60. The number of nitrogens with one attached hydrogen (secondary N) is 3. The predicted molar refractivity (Wildman–Crippen MR) is 88.7 cm³/mol. The van der Waals surface area contributed by atoms with E-state index in [0.29, 0.717) is 10.7 Å². The number of nitrogens with zero attached hydrogens (tertiary/aromatic N) is 2. The van der Waals surface area contributed by atoms with Crippen LogP contribution in [-0.2, 0) is 9.59 Å². The van der Waals surface area contributed by atoms with Gasteiger partial charge in [0, 0.05) is 17.8 Å². The standard InChI is InChI=1S/C13H14ClN5O3S/c1-18-7-11(21)19(13(18)22)6-10(20)16-17-12(23)15-9-4-2-8(14)3-5-9/h2-5H,6-7H2,1H3,(H,16,20)(H2,15,17,23). The molecule has 1 aromatic rings. The van der Waals surface area contributed by atoms with Crippen LogP contribution in [0, 0.1) is 0 Å². The van der Waals surface area contributed by atoms with Crippen LogP contribution in [-0.4, -0.2) is 52.9 Å². The number of amides is 4. The Hall–Kier alpha value is -2.39. The molecular weight excluding hydrogens is 342 g/mol. The Morgan fingerprint density at radius 1 is 1.26 bits per heavy atom. The Labute approximate surface area is 142 Å². The molecule has 0 aromatic heterocycles. The van der Waals surface area contributed by atoms with Crippen molar-refractivity contribution in [3.8, 4) is 0 Å². The van der Waals surface area contributed by atoms with E-state index < -0.39 is 17.8 Å². The van der Waals surface area contributed by atoms with Gasteiger partial charge in [0.1, 0.15) is 13.1 Å². The Balaban J connectivity index is 1.78. The summed E-state index contributed by atoms with van der Waals surface area (Å²) in [5, 5.41) is 3.57. The predicted octanol–water partition coefficient (Wildman–Crippen LogP) is 0.552. The molecule has 1 saturated heterocycles. The molecule has 0 radical (unpaired) electrons. The van der Waals surface area contributed by atoms with Crippen molar-refractivity contribution in [3.63, 3.8) is 0 Å². The highest BCUT2D eigenvalue weighted by atomic mass is 35.5. The van der Waals surface area contributed by atoms with Crippen LogP contribution in [0.4, 0.5) is 10.5 Å². The second kappa shape index (κ2) is 7.25. The zero-order chi connectivity index (χ0) is 17.0. The van der Waals surface area contributed by atoms with E-state index in [-0.39, 0.29) is 18.2 Å². The minimum atomic E-state index is -0.567. The minimum absolute atomic E-state index is 0.0317. The van der Waals surface area contributed by atoms with E-state index in [9.17, 15) is 14.4 Å². The fourth-order valence-corrected chi connectivity index (χ4v) is 2.12. The third-order valence-corrected chi connectivity index (χ3v) is 3.41. The molecule has 0 unspecified atom stereocenters. The number of hydrogen-bond donors (Lipinski definition) is 3. The maximum absolute atomic E-state index is 11.8. The van der Waals surface area contributed by atoms with Crippen LogP contribution < -0.4 is 16.2 Å². The number of anilines is 1. The lowest BCUT2D eigenvalue weighted by Crippen LogP contribution is -2.49. The number of benzene rings is 1. The van der Waals surface area contributed by atoms with Gasteiger partial charge in [-0.05, 0) is 36.5 Å². The molecule has 8 nitrogen and oxygen atoms in total. The van der Waals surface area contributed by atoms with E-state index in [1.807, 2.05) is 0 Å². The molecule has 0 bridgehead atoms. The number of halogens is 1. The molecule has 10 heteroatoms. The molecule has 0 aliphatic carbocycles. The number of likely N-dealkylation sites (N-methyl/N-ethyl adjacent to an activating group) is 1. The molecule has 1 aromatic carbocycles. The molecular formula is C13H14ClN5O3S. The van der Waals surface area contributed by atoms with E-state index in [2.05, 4.69) is 16.2 Å². The molecule has 1 aliphatic heterocycles. The van der Waals surface area contributed by atoms with Crippen molar-refractivity contribution in [2.24, 2.45) is 0 Å². The van der Waals surface area contributed by atoms with Gasteiger partial charge in [0.15, 0.2) is 5.11 Å². The van der Waals surface area contributed by atoms with Gasteiger partial charge in [0.2, 0.25) is 0 Å². The van der Waals surface area contributed by atoms with Crippen molar-refractivity contribution < 1.29 is 14.4 Å². The maximum atomic E-state index is 11.8. The molecule has 23 heavy (non-hydrogen) atoms. The zero-order valence-corrected chi connectivity index (χ0v) is 13.7.